The fourth-order valence-electron chi connectivity index (χ4n) is 2.29. The third-order valence-corrected chi connectivity index (χ3v) is 3.31. The van der Waals surface area contributed by atoms with E-state index in [1.165, 1.54) is 0 Å². The first-order valence-corrected chi connectivity index (χ1v) is 6.79. The zero-order valence-corrected chi connectivity index (χ0v) is 11.4. The Labute approximate surface area is 109 Å². The second kappa shape index (κ2) is 8.45. The van der Waals surface area contributed by atoms with Gasteiger partial charge in [0.2, 0.25) is 0 Å². The molecule has 1 saturated heterocycles. The Morgan fingerprint density at radius 1 is 1.44 bits per heavy atom. The lowest BCUT2D eigenvalue weighted by molar-refractivity contribution is -0.144. The Balaban J connectivity index is 2.22. The number of hydrogen-bond acceptors (Lipinski definition) is 5. The summed E-state index contributed by atoms with van der Waals surface area (Å²) < 4.78 is 10.5. The van der Waals surface area contributed by atoms with E-state index in [1.54, 1.807) is 0 Å². The monoisotopic (exact) mass is 259 g/mol. The van der Waals surface area contributed by atoms with Crippen molar-refractivity contribution < 1.29 is 19.4 Å². The number of aliphatic hydroxyl groups excluding tert-OH is 1. The van der Waals surface area contributed by atoms with Gasteiger partial charge in [-0.05, 0) is 26.7 Å². The maximum Gasteiger partial charge on any atom is 0.307 e. The molecule has 1 aliphatic rings. The van der Waals surface area contributed by atoms with Gasteiger partial charge in [0.05, 0.1) is 32.3 Å². The zero-order valence-electron chi connectivity index (χ0n) is 11.4. The van der Waals surface area contributed by atoms with E-state index in [-0.39, 0.29) is 24.7 Å². The molecule has 1 rings (SSSR count). The van der Waals surface area contributed by atoms with Crippen molar-refractivity contribution >= 4 is 5.97 Å². The number of piperidine rings is 1. The van der Waals surface area contributed by atoms with Crippen LogP contribution in [0.25, 0.3) is 0 Å². The summed E-state index contributed by atoms with van der Waals surface area (Å²) in [6, 6.07) is 0.225. The Morgan fingerprint density at radius 2 is 2.11 bits per heavy atom. The van der Waals surface area contributed by atoms with Crippen molar-refractivity contribution in [2.24, 2.45) is 0 Å². The maximum atomic E-state index is 11.4. The van der Waals surface area contributed by atoms with Crippen LogP contribution < -0.4 is 0 Å². The zero-order chi connectivity index (χ0) is 13.4. The summed E-state index contributed by atoms with van der Waals surface area (Å²) in [4.78, 5) is 13.7. The van der Waals surface area contributed by atoms with Gasteiger partial charge in [0.1, 0.15) is 0 Å². The molecular formula is C13H25NO4. The first kappa shape index (κ1) is 15.4. The van der Waals surface area contributed by atoms with Crippen molar-refractivity contribution in [3.63, 3.8) is 0 Å². The molecule has 1 N–H and O–H groups in total. The average Bonchev–Trinajstić information content (AvgIpc) is 2.37. The Hall–Kier alpha value is -0.650. The second-order valence-corrected chi connectivity index (χ2v) is 4.69. The summed E-state index contributed by atoms with van der Waals surface area (Å²) in [6.45, 7) is 6.72. The Morgan fingerprint density at radius 3 is 2.67 bits per heavy atom. The molecule has 0 spiro atoms. The van der Waals surface area contributed by atoms with Gasteiger partial charge in [-0.2, -0.15) is 0 Å². The van der Waals surface area contributed by atoms with E-state index >= 15 is 0 Å². The highest BCUT2D eigenvalue weighted by molar-refractivity contribution is 5.70. The Bertz CT molecular complexity index is 239. The number of rotatable bonds is 7. The topological polar surface area (TPSA) is 59.0 Å². The highest BCUT2D eigenvalue weighted by atomic mass is 16.5. The van der Waals surface area contributed by atoms with Crippen LogP contribution in [0.2, 0.25) is 0 Å². The van der Waals surface area contributed by atoms with Crippen LogP contribution in [0.15, 0.2) is 0 Å². The van der Waals surface area contributed by atoms with E-state index in [2.05, 4.69) is 11.8 Å². The summed E-state index contributed by atoms with van der Waals surface area (Å²) in [7, 11) is 0. The number of ether oxygens (including phenoxy) is 2. The minimum Gasteiger partial charge on any atom is -0.466 e. The van der Waals surface area contributed by atoms with E-state index in [9.17, 15) is 4.79 Å². The molecule has 1 heterocycles. The highest BCUT2D eigenvalue weighted by Crippen LogP contribution is 2.17. The van der Waals surface area contributed by atoms with Crippen LogP contribution in [-0.2, 0) is 14.3 Å². The van der Waals surface area contributed by atoms with Gasteiger partial charge in [0.15, 0.2) is 0 Å². The standard InChI is InChI=1S/C13H25NO4/c1-3-17-13(16)10-11(2)14-6-4-12(5-7-14)18-9-8-15/h11-12,15H,3-10H2,1-2H3. The van der Waals surface area contributed by atoms with Crippen LogP contribution in [0.1, 0.15) is 33.1 Å². The van der Waals surface area contributed by atoms with Gasteiger partial charge in [0.25, 0.3) is 0 Å². The van der Waals surface area contributed by atoms with Crippen LogP contribution in [0.3, 0.4) is 0 Å². The van der Waals surface area contributed by atoms with Gasteiger partial charge in [-0.3, -0.25) is 9.69 Å². The molecule has 18 heavy (non-hydrogen) atoms. The molecule has 1 aliphatic heterocycles. The molecule has 0 amide bonds. The third kappa shape index (κ3) is 5.33. The van der Waals surface area contributed by atoms with Gasteiger partial charge < -0.3 is 14.6 Å². The predicted octanol–water partition coefficient (Wildman–Crippen LogP) is 0.801. The number of nitrogens with zero attached hydrogens (tertiary/aromatic N) is 1. The third-order valence-electron chi connectivity index (χ3n) is 3.31. The number of carbonyl (C=O) groups excluding carboxylic acids is 1. The molecule has 1 atom stereocenters. The molecule has 1 unspecified atom stereocenters. The quantitative estimate of drug-likeness (QED) is 0.685. The van der Waals surface area contributed by atoms with Gasteiger partial charge in [0, 0.05) is 19.1 Å². The lowest BCUT2D eigenvalue weighted by atomic mass is 10.0. The van der Waals surface area contributed by atoms with Gasteiger partial charge in [-0.1, -0.05) is 0 Å². The van der Waals surface area contributed by atoms with Crippen molar-refractivity contribution in [2.45, 2.75) is 45.3 Å². The van der Waals surface area contributed by atoms with E-state index in [4.69, 9.17) is 14.6 Å². The molecule has 106 valence electrons. The molecule has 0 bridgehead atoms. The van der Waals surface area contributed by atoms with Gasteiger partial charge >= 0.3 is 5.97 Å². The normalized spacial score (nSPS) is 19.7. The molecule has 0 aromatic rings. The number of aliphatic hydroxyl groups is 1. The fourth-order valence-corrected chi connectivity index (χ4v) is 2.29. The highest BCUT2D eigenvalue weighted by Gasteiger charge is 2.24. The van der Waals surface area contributed by atoms with E-state index in [0.29, 0.717) is 19.6 Å². The first-order chi connectivity index (χ1) is 8.67. The van der Waals surface area contributed by atoms with Crippen molar-refractivity contribution in [3.8, 4) is 0 Å². The smallest absolute Gasteiger partial charge is 0.307 e. The van der Waals surface area contributed by atoms with Gasteiger partial charge in [-0.25, -0.2) is 0 Å². The largest absolute Gasteiger partial charge is 0.466 e. The van der Waals surface area contributed by atoms with Gasteiger partial charge in [-0.15, -0.1) is 0 Å². The number of likely N-dealkylation sites (tertiary alicyclic amines) is 1. The molecule has 0 aliphatic carbocycles. The van der Waals surface area contributed by atoms with Crippen LogP contribution in [0.4, 0.5) is 0 Å². The van der Waals surface area contributed by atoms with E-state index in [1.807, 2.05) is 6.92 Å². The van der Waals surface area contributed by atoms with Crippen LogP contribution >= 0.6 is 0 Å². The van der Waals surface area contributed by atoms with Crippen molar-refractivity contribution in [1.29, 1.82) is 0 Å². The van der Waals surface area contributed by atoms with E-state index in [0.717, 1.165) is 25.9 Å². The van der Waals surface area contributed by atoms with Crippen LogP contribution in [-0.4, -0.2) is 61.0 Å². The minimum absolute atomic E-state index is 0.0828. The molecule has 5 heteroatoms. The molecule has 5 nitrogen and oxygen atoms in total. The fraction of sp³-hybridized carbons (Fsp3) is 0.923. The minimum atomic E-state index is -0.122. The summed E-state index contributed by atoms with van der Waals surface area (Å²) >= 11 is 0. The number of hydrogen-bond donors (Lipinski definition) is 1. The lowest BCUT2D eigenvalue weighted by Gasteiger charge is -2.35. The summed E-state index contributed by atoms with van der Waals surface area (Å²) in [5.74, 6) is -0.122. The van der Waals surface area contributed by atoms with E-state index < -0.39 is 0 Å². The first-order valence-electron chi connectivity index (χ1n) is 6.79. The summed E-state index contributed by atoms with van der Waals surface area (Å²) in [5, 5.41) is 8.70. The molecule has 0 saturated carbocycles. The van der Waals surface area contributed by atoms with Crippen LogP contribution in [0, 0.1) is 0 Å². The lowest BCUT2D eigenvalue weighted by Crippen LogP contribution is -2.43. The molecule has 0 radical (unpaired) electrons. The summed E-state index contributed by atoms with van der Waals surface area (Å²) in [5.41, 5.74) is 0. The maximum absolute atomic E-state index is 11.4. The predicted molar refractivity (Wildman–Crippen MR) is 68.3 cm³/mol. The molecule has 0 aromatic carbocycles. The summed E-state index contributed by atoms with van der Waals surface area (Å²) in [6.07, 6.45) is 2.64. The number of carbonyl (C=O) groups is 1. The average molecular weight is 259 g/mol. The van der Waals surface area contributed by atoms with Crippen LogP contribution in [0.5, 0.6) is 0 Å². The van der Waals surface area contributed by atoms with Crippen molar-refractivity contribution in [3.05, 3.63) is 0 Å². The number of esters is 1. The Kier molecular flexibility index (Phi) is 7.23. The molecular weight excluding hydrogens is 234 g/mol. The second-order valence-electron chi connectivity index (χ2n) is 4.69. The SMILES string of the molecule is CCOC(=O)CC(C)N1CCC(OCCO)CC1. The van der Waals surface area contributed by atoms with Crippen molar-refractivity contribution in [2.75, 3.05) is 32.9 Å². The van der Waals surface area contributed by atoms with Crippen molar-refractivity contribution in [1.82, 2.24) is 4.90 Å². The molecule has 0 aromatic heterocycles. The molecule has 1 fully saturated rings.